The number of hydrogen-bond acceptors (Lipinski definition) is 2. The zero-order chi connectivity index (χ0) is 10.1. The predicted octanol–water partition coefficient (Wildman–Crippen LogP) is 1.85. The highest BCUT2D eigenvalue weighted by Crippen LogP contribution is 2.28. The number of hydrogen-bond donors (Lipinski definition) is 3. The first-order chi connectivity index (χ1) is 6.68. The molecule has 0 heterocycles. The third-order valence-electron chi connectivity index (χ3n) is 2.49. The van der Waals surface area contributed by atoms with E-state index in [0.717, 1.165) is 16.8 Å². The topological polar surface area (TPSA) is 61.9 Å². The Morgan fingerprint density at radius 3 is 2.79 bits per heavy atom. The maximum atomic E-state index is 7.48. The molecule has 14 heavy (non-hydrogen) atoms. The average Bonchev–Trinajstić information content (AvgIpc) is 2.91. The van der Waals surface area contributed by atoms with Crippen LogP contribution in [0.3, 0.4) is 0 Å². The monoisotopic (exact) mass is 189 g/mol. The standard InChI is InChI=1S/C11H15N3/c1-7-3-2-4-9(11(12)13)10(7)14-8-5-6-8/h2-4,8,14H,5-6H2,1H3,(H3,12,13). The molecule has 0 unspecified atom stereocenters. The molecule has 1 aromatic carbocycles. The molecule has 0 saturated heterocycles. The first-order valence-electron chi connectivity index (χ1n) is 4.89. The summed E-state index contributed by atoms with van der Waals surface area (Å²) in [6.45, 7) is 2.04. The van der Waals surface area contributed by atoms with E-state index in [1.165, 1.54) is 12.8 Å². The number of aryl methyl sites for hydroxylation is 1. The number of nitrogen functional groups attached to an aromatic ring is 1. The molecule has 0 aromatic heterocycles. The lowest BCUT2D eigenvalue weighted by molar-refractivity contribution is 1.14. The molecule has 3 nitrogen and oxygen atoms in total. The Labute approximate surface area is 83.8 Å². The molecule has 0 spiro atoms. The molecule has 0 aliphatic heterocycles. The van der Waals surface area contributed by atoms with Crippen LogP contribution in [0.1, 0.15) is 24.0 Å². The van der Waals surface area contributed by atoms with Gasteiger partial charge in [-0.1, -0.05) is 12.1 Å². The van der Waals surface area contributed by atoms with Crippen molar-refractivity contribution < 1.29 is 0 Å². The third-order valence-corrected chi connectivity index (χ3v) is 2.49. The Balaban J connectivity index is 2.36. The van der Waals surface area contributed by atoms with Crippen molar-refractivity contribution in [2.45, 2.75) is 25.8 Å². The second kappa shape index (κ2) is 3.33. The summed E-state index contributed by atoms with van der Waals surface area (Å²) >= 11 is 0. The second-order valence-electron chi connectivity index (χ2n) is 3.83. The van der Waals surface area contributed by atoms with E-state index < -0.39 is 0 Å². The van der Waals surface area contributed by atoms with Gasteiger partial charge < -0.3 is 11.1 Å². The van der Waals surface area contributed by atoms with E-state index in [2.05, 4.69) is 5.32 Å². The van der Waals surface area contributed by atoms with E-state index >= 15 is 0 Å². The minimum Gasteiger partial charge on any atom is -0.384 e. The summed E-state index contributed by atoms with van der Waals surface area (Å²) in [7, 11) is 0. The number of nitrogens with two attached hydrogens (primary N) is 1. The molecule has 3 heteroatoms. The van der Waals surface area contributed by atoms with Gasteiger partial charge in [0, 0.05) is 17.3 Å². The Bertz CT molecular complexity index is 367. The van der Waals surface area contributed by atoms with E-state index in [0.29, 0.717) is 6.04 Å². The Hall–Kier alpha value is -1.51. The fourth-order valence-electron chi connectivity index (χ4n) is 1.52. The first kappa shape index (κ1) is 9.06. The molecule has 0 atom stereocenters. The van der Waals surface area contributed by atoms with Crippen molar-refractivity contribution in [1.82, 2.24) is 0 Å². The number of benzene rings is 1. The van der Waals surface area contributed by atoms with Crippen molar-refractivity contribution in [3.63, 3.8) is 0 Å². The second-order valence-corrected chi connectivity index (χ2v) is 3.83. The van der Waals surface area contributed by atoms with Gasteiger partial charge in [-0.25, -0.2) is 0 Å². The van der Waals surface area contributed by atoms with E-state index in [9.17, 15) is 0 Å². The van der Waals surface area contributed by atoms with Gasteiger partial charge in [0.1, 0.15) is 5.84 Å². The minimum atomic E-state index is 0.136. The average molecular weight is 189 g/mol. The van der Waals surface area contributed by atoms with Gasteiger partial charge >= 0.3 is 0 Å². The fourth-order valence-corrected chi connectivity index (χ4v) is 1.52. The van der Waals surface area contributed by atoms with Gasteiger partial charge in [-0.05, 0) is 31.4 Å². The van der Waals surface area contributed by atoms with Crippen molar-refractivity contribution in [1.29, 1.82) is 5.41 Å². The van der Waals surface area contributed by atoms with E-state index in [1.807, 2.05) is 25.1 Å². The molecule has 1 aromatic rings. The van der Waals surface area contributed by atoms with Crippen LogP contribution in [0.4, 0.5) is 5.69 Å². The molecule has 0 bridgehead atoms. The molecule has 1 aliphatic carbocycles. The predicted molar refractivity (Wildman–Crippen MR) is 58.8 cm³/mol. The van der Waals surface area contributed by atoms with Gasteiger partial charge in [0.05, 0.1) is 0 Å². The molecule has 1 fully saturated rings. The summed E-state index contributed by atoms with van der Waals surface area (Å²) in [5.74, 6) is 0.136. The van der Waals surface area contributed by atoms with Gasteiger partial charge in [0.25, 0.3) is 0 Å². The van der Waals surface area contributed by atoms with Gasteiger partial charge in [-0.15, -0.1) is 0 Å². The summed E-state index contributed by atoms with van der Waals surface area (Å²) in [5.41, 5.74) is 8.53. The minimum absolute atomic E-state index is 0.136. The van der Waals surface area contributed by atoms with Crippen LogP contribution in [-0.4, -0.2) is 11.9 Å². The van der Waals surface area contributed by atoms with Crippen LogP contribution in [0.5, 0.6) is 0 Å². The summed E-state index contributed by atoms with van der Waals surface area (Å²) in [4.78, 5) is 0. The maximum absolute atomic E-state index is 7.48. The summed E-state index contributed by atoms with van der Waals surface area (Å²) in [5, 5.41) is 10.9. The summed E-state index contributed by atoms with van der Waals surface area (Å²) in [6.07, 6.45) is 2.46. The fraction of sp³-hybridized carbons (Fsp3) is 0.364. The van der Waals surface area contributed by atoms with Gasteiger partial charge in [-0.3, -0.25) is 5.41 Å². The number of nitrogens with one attached hydrogen (secondary N) is 2. The molecule has 0 radical (unpaired) electrons. The Kier molecular flexibility index (Phi) is 2.15. The molecular formula is C11H15N3. The summed E-state index contributed by atoms with van der Waals surface area (Å²) < 4.78 is 0. The molecular weight excluding hydrogens is 174 g/mol. The van der Waals surface area contributed by atoms with Crippen molar-refractivity contribution in [3.05, 3.63) is 29.3 Å². The number of rotatable bonds is 3. The van der Waals surface area contributed by atoms with Crippen LogP contribution >= 0.6 is 0 Å². The maximum Gasteiger partial charge on any atom is 0.124 e. The zero-order valence-corrected chi connectivity index (χ0v) is 8.30. The normalized spacial score (nSPS) is 15.2. The van der Waals surface area contributed by atoms with Crippen molar-refractivity contribution in [2.75, 3.05) is 5.32 Å². The van der Waals surface area contributed by atoms with Crippen LogP contribution in [0.25, 0.3) is 0 Å². The lowest BCUT2D eigenvalue weighted by Crippen LogP contribution is -2.16. The Morgan fingerprint density at radius 1 is 1.50 bits per heavy atom. The SMILES string of the molecule is Cc1cccc(C(=N)N)c1NC1CC1. The van der Waals surface area contributed by atoms with Crippen LogP contribution < -0.4 is 11.1 Å². The highest BCUT2D eigenvalue weighted by Gasteiger charge is 2.22. The first-order valence-corrected chi connectivity index (χ1v) is 4.89. The van der Waals surface area contributed by atoms with Gasteiger partial charge in [0.2, 0.25) is 0 Å². The lowest BCUT2D eigenvalue weighted by atomic mass is 10.1. The molecule has 1 saturated carbocycles. The molecule has 0 amide bonds. The quantitative estimate of drug-likeness (QED) is 0.502. The van der Waals surface area contributed by atoms with Crippen molar-refractivity contribution >= 4 is 11.5 Å². The van der Waals surface area contributed by atoms with E-state index in [1.54, 1.807) is 0 Å². The molecule has 2 rings (SSSR count). The van der Waals surface area contributed by atoms with Crippen LogP contribution in [-0.2, 0) is 0 Å². The highest BCUT2D eigenvalue weighted by atomic mass is 15.0. The highest BCUT2D eigenvalue weighted by molar-refractivity contribution is 6.01. The number of amidine groups is 1. The molecule has 4 N–H and O–H groups in total. The van der Waals surface area contributed by atoms with Crippen LogP contribution in [0, 0.1) is 12.3 Å². The van der Waals surface area contributed by atoms with Crippen molar-refractivity contribution in [3.8, 4) is 0 Å². The molecule has 74 valence electrons. The number of anilines is 1. The van der Waals surface area contributed by atoms with Crippen molar-refractivity contribution in [2.24, 2.45) is 5.73 Å². The largest absolute Gasteiger partial charge is 0.384 e. The van der Waals surface area contributed by atoms with Crippen LogP contribution in [0.2, 0.25) is 0 Å². The smallest absolute Gasteiger partial charge is 0.124 e. The number of para-hydroxylation sites is 1. The van der Waals surface area contributed by atoms with Gasteiger partial charge in [-0.2, -0.15) is 0 Å². The van der Waals surface area contributed by atoms with E-state index in [-0.39, 0.29) is 5.84 Å². The third kappa shape index (κ3) is 1.71. The van der Waals surface area contributed by atoms with Crippen LogP contribution in [0.15, 0.2) is 18.2 Å². The zero-order valence-electron chi connectivity index (χ0n) is 8.30. The summed E-state index contributed by atoms with van der Waals surface area (Å²) in [6, 6.07) is 6.45. The van der Waals surface area contributed by atoms with Gasteiger partial charge in [0.15, 0.2) is 0 Å². The van der Waals surface area contributed by atoms with E-state index in [4.69, 9.17) is 11.1 Å². The molecule has 1 aliphatic rings. The Morgan fingerprint density at radius 2 is 2.21 bits per heavy atom. The lowest BCUT2D eigenvalue weighted by Gasteiger charge is -2.13.